The summed E-state index contributed by atoms with van der Waals surface area (Å²) in [6.45, 7) is 0.489. The summed E-state index contributed by atoms with van der Waals surface area (Å²) in [7, 11) is 1.78. The van der Waals surface area contributed by atoms with Crippen LogP contribution >= 0.6 is 34.5 Å². The van der Waals surface area contributed by atoms with Gasteiger partial charge in [0.2, 0.25) is 5.91 Å². The molecular weight excluding hydrogens is 351 g/mol. The number of rotatable bonds is 4. The Labute approximate surface area is 148 Å². The predicted molar refractivity (Wildman–Crippen MR) is 96.3 cm³/mol. The number of likely N-dealkylation sites (N-methyl/N-ethyl adjacent to an activating group) is 1. The zero-order chi connectivity index (χ0) is 16.4. The van der Waals surface area contributed by atoms with E-state index < -0.39 is 0 Å². The Hall–Kier alpha value is -1.62. The third kappa shape index (κ3) is 3.83. The molecule has 0 spiro atoms. The molecular formula is C17H14Cl2N2OS. The van der Waals surface area contributed by atoms with Crippen molar-refractivity contribution in [3.63, 3.8) is 0 Å². The lowest BCUT2D eigenvalue weighted by atomic mass is 10.1. The smallest absolute Gasteiger partial charge is 0.227 e. The molecule has 23 heavy (non-hydrogen) atoms. The van der Waals surface area contributed by atoms with Crippen LogP contribution in [0.1, 0.15) is 10.6 Å². The predicted octanol–water partition coefficient (Wildman–Crippen LogP) is 4.80. The van der Waals surface area contributed by atoms with E-state index in [1.807, 2.05) is 24.3 Å². The number of benzene rings is 2. The van der Waals surface area contributed by atoms with E-state index in [9.17, 15) is 4.79 Å². The lowest BCUT2D eigenvalue weighted by Crippen LogP contribution is -2.27. The maximum Gasteiger partial charge on any atom is 0.227 e. The molecule has 0 atom stereocenters. The highest BCUT2D eigenvalue weighted by atomic mass is 35.5. The van der Waals surface area contributed by atoms with Gasteiger partial charge in [0.15, 0.2) is 0 Å². The molecule has 0 fully saturated rings. The second-order valence-corrected chi connectivity index (χ2v) is 7.20. The highest BCUT2D eigenvalue weighted by Crippen LogP contribution is 2.24. The molecule has 1 heterocycles. The number of hydrogen-bond donors (Lipinski definition) is 0. The average molecular weight is 365 g/mol. The van der Waals surface area contributed by atoms with Gasteiger partial charge in [-0.3, -0.25) is 4.79 Å². The van der Waals surface area contributed by atoms with Crippen LogP contribution in [0.3, 0.4) is 0 Å². The molecule has 0 aliphatic carbocycles. The number of carbonyl (C=O) groups excluding carboxylic acids is 1. The lowest BCUT2D eigenvalue weighted by molar-refractivity contribution is -0.129. The molecule has 118 valence electrons. The second kappa shape index (κ2) is 6.87. The van der Waals surface area contributed by atoms with Gasteiger partial charge >= 0.3 is 0 Å². The Morgan fingerprint density at radius 2 is 2.00 bits per heavy atom. The minimum atomic E-state index is -0.00604. The Kier molecular flexibility index (Phi) is 4.85. The van der Waals surface area contributed by atoms with Crippen molar-refractivity contribution in [3.8, 4) is 0 Å². The number of nitrogens with zero attached hydrogens (tertiary/aromatic N) is 2. The molecule has 3 rings (SSSR count). The molecule has 0 N–H and O–H groups in total. The molecule has 0 saturated heterocycles. The fourth-order valence-electron chi connectivity index (χ4n) is 2.24. The molecule has 0 bridgehead atoms. The van der Waals surface area contributed by atoms with Gasteiger partial charge in [0.1, 0.15) is 5.01 Å². The van der Waals surface area contributed by atoms with E-state index in [-0.39, 0.29) is 12.3 Å². The van der Waals surface area contributed by atoms with Gasteiger partial charge in [-0.2, -0.15) is 0 Å². The van der Waals surface area contributed by atoms with Crippen LogP contribution in [-0.2, 0) is 17.8 Å². The molecule has 3 nitrogen and oxygen atoms in total. The van der Waals surface area contributed by atoms with Crippen LogP contribution in [-0.4, -0.2) is 22.8 Å². The van der Waals surface area contributed by atoms with Crippen LogP contribution in [0, 0.1) is 0 Å². The minimum absolute atomic E-state index is 0.00604. The molecule has 3 aromatic rings. The summed E-state index contributed by atoms with van der Waals surface area (Å²) in [6.07, 6.45) is 0.247. The monoisotopic (exact) mass is 364 g/mol. The first-order valence-corrected chi connectivity index (χ1v) is 8.62. The first kappa shape index (κ1) is 16.2. The zero-order valence-electron chi connectivity index (χ0n) is 12.4. The van der Waals surface area contributed by atoms with E-state index in [2.05, 4.69) is 4.98 Å². The fraction of sp³-hybridized carbons (Fsp3) is 0.176. The first-order valence-electron chi connectivity index (χ1n) is 7.05. The van der Waals surface area contributed by atoms with E-state index in [4.69, 9.17) is 23.2 Å². The summed E-state index contributed by atoms with van der Waals surface area (Å²) in [6, 6.07) is 13.1. The Balaban J connectivity index is 1.69. The van der Waals surface area contributed by atoms with Crippen molar-refractivity contribution in [1.82, 2.24) is 9.88 Å². The van der Waals surface area contributed by atoms with Crippen LogP contribution < -0.4 is 0 Å². The minimum Gasteiger partial charge on any atom is -0.339 e. The van der Waals surface area contributed by atoms with Crippen molar-refractivity contribution in [2.45, 2.75) is 13.0 Å². The van der Waals surface area contributed by atoms with E-state index in [1.165, 1.54) is 0 Å². The van der Waals surface area contributed by atoms with Gasteiger partial charge in [0, 0.05) is 17.1 Å². The Morgan fingerprint density at radius 1 is 1.22 bits per heavy atom. The number of hydrogen-bond acceptors (Lipinski definition) is 3. The van der Waals surface area contributed by atoms with Gasteiger partial charge in [-0.05, 0) is 29.8 Å². The van der Waals surface area contributed by atoms with Gasteiger partial charge in [-0.25, -0.2) is 4.98 Å². The van der Waals surface area contributed by atoms with Crippen molar-refractivity contribution in [2.75, 3.05) is 7.05 Å². The summed E-state index contributed by atoms with van der Waals surface area (Å²) < 4.78 is 1.13. The maximum absolute atomic E-state index is 12.4. The normalized spacial score (nSPS) is 10.9. The van der Waals surface area contributed by atoms with Gasteiger partial charge < -0.3 is 4.90 Å². The summed E-state index contributed by atoms with van der Waals surface area (Å²) >= 11 is 13.6. The van der Waals surface area contributed by atoms with Crippen molar-refractivity contribution in [3.05, 3.63) is 63.1 Å². The molecule has 0 aliphatic heterocycles. The molecule has 0 radical (unpaired) electrons. The molecule has 2 aromatic carbocycles. The van der Waals surface area contributed by atoms with Gasteiger partial charge in [0.25, 0.3) is 0 Å². The summed E-state index contributed by atoms with van der Waals surface area (Å²) in [5, 5.41) is 2.00. The highest BCUT2D eigenvalue weighted by molar-refractivity contribution is 7.18. The largest absolute Gasteiger partial charge is 0.339 e. The average Bonchev–Trinajstić information content (AvgIpc) is 2.92. The van der Waals surface area contributed by atoms with Crippen molar-refractivity contribution < 1.29 is 4.79 Å². The number of aromatic nitrogens is 1. The topological polar surface area (TPSA) is 33.2 Å². The molecule has 0 saturated carbocycles. The SMILES string of the molecule is CN(Cc1nc2ccccc2s1)C(=O)Cc1ccc(Cl)cc1Cl. The molecule has 0 aliphatic rings. The highest BCUT2D eigenvalue weighted by Gasteiger charge is 2.14. The molecule has 1 aromatic heterocycles. The third-order valence-corrected chi connectivity index (χ3v) is 5.10. The first-order chi connectivity index (χ1) is 11.0. The van der Waals surface area contributed by atoms with Crippen LogP contribution in [0.2, 0.25) is 10.0 Å². The standard InChI is InChI=1S/C17H14Cl2N2OS/c1-21(10-16-20-14-4-2-3-5-15(14)23-16)17(22)8-11-6-7-12(18)9-13(11)19/h2-7,9H,8,10H2,1H3. The summed E-state index contributed by atoms with van der Waals surface area (Å²) in [5.74, 6) is -0.00604. The lowest BCUT2D eigenvalue weighted by Gasteiger charge is -2.16. The zero-order valence-corrected chi connectivity index (χ0v) is 14.8. The number of thiazole rings is 1. The third-order valence-electron chi connectivity index (χ3n) is 3.49. The summed E-state index contributed by atoms with van der Waals surface area (Å²) in [4.78, 5) is 18.6. The van der Waals surface area contributed by atoms with Crippen LogP contribution in [0.4, 0.5) is 0 Å². The van der Waals surface area contributed by atoms with E-state index >= 15 is 0 Å². The van der Waals surface area contributed by atoms with Gasteiger partial charge in [-0.1, -0.05) is 41.4 Å². The number of amides is 1. The quantitative estimate of drug-likeness (QED) is 0.665. The molecule has 1 amide bonds. The number of para-hydroxylation sites is 1. The van der Waals surface area contributed by atoms with E-state index in [0.717, 1.165) is 20.8 Å². The Morgan fingerprint density at radius 3 is 2.74 bits per heavy atom. The van der Waals surface area contributed by atoms with E-state index in [0.29, 0.717) is 16.6 Å². The van der Waals surface area contributed by atoms with Crippen LogP contribution in [0.25, 0.3) is 10.2 Å². The van der Waals surface area contributed by atoms with Crippen LogP contribution in [0.5, 0.6) is 0 Å². The van der Waals surface area contributed by atoms with Crippen molar-refractivity contribution >= 4 is 50.7 Å². The van der Waals surface area contributed by atoms with Gasteiger partial charge in [0.05, 0.1) is 23.2 Å². The number of halogens is 2. The Bertz CT molecular complexity index is 830. The number of fused-ring (bicyclic) bond motifs is 1. The van der Waals surface area contributed by atoms with Crippen molar-refractivity contribution in [1.29, 1.82) is 0 Å². The van der Waals surface area contributed by atoms with Crippen molar-refractivity contribution in [2.24, 2.45) is 0 Å². The second-order valence-electron chi connectivity index (χ2n) is 5.24. The maximum atomic E-state index is 12.4. The summed E-state index contributed by atoms with van der Waals surface area (Å²) in [5.41, 5.74) is 1.74. The fourth-order valence-corrected chi connectivity index (χ4v) is 3.74. The molecule has 6 heteroatoms. The van der Waals surface area contributed by atoms with E-state index in [1.54, 1.807) is 41.5 Å². The van der Waals surface area contributed by atoms with Gasteiger partial charge in [-0.15, -0.1) is 11.3 Å². The van der Waals surface area contributed by atoms with Crippen LogP contribution in [0.15, 0.2) is 42.5 Å². The number of carbonyl (C=O) groups is 1. The molecule has 0 unspecified atom stereocenters.